The zero-order valence-electron chi connectivity index (χ0n) is 10.4. The second-order valence-electron chi connectivity index (χ2n) is 4.15. The second-order valence-corrected chi connectivity index (χ2v) is 4.15. The molecule has 4 N–H and O–H groups in total. The second kappa shape index (κ2) is 8.50. The van der Waals surface area contributed by atoms with Crippen LogP contribution in [-0.4, -0.2) is 47.5 Å². The summed E-state index contributed by atoms with van der Waals surface area (Å²) in [6.07, 6.45) is 1.97. The highest BCUT2D eigenvalue weighted by atomic mass is 16.3. The molecule has 0 aromatic rings. The first kappa shape index (κ1) is 15.3. The van der Waals surface area contributed by atoms with Crippen molar-refractivity contribution in [1.82, 2.24) is 10.6 Å². The van der Waals surface area contributed by atoms with Crippen LogP contribution in [-0.2, 0) is 4.79 Å². The predicted molar refractivity (Wildman–Crippen MR) is 63.1 cm³/mol. The van der Waals surface area contributed by atoms with E-state index in [2.05, 4.69) is 17.6 Å². The Morgan fingerprint density at radius 3 is 2.25 bits per heavy atom. The van der Waals surface area contributed by atoms with E-state index in [0.717, 1.165) is 12.8 Å². The molecule has 0 aliphatic heterocycles. The lowest BCUT2D eigenvalue weighted by Gasteiger charge is -2.21. The summed E-state index contributed by atoms with van der Waals surface area (Å²) in [5.41, 5.74) is 0. The van der Waals surface area contributed by atoms with E-state index in [1.165, 1.54) is 0 Å². The quantitative estimate of drug-likeness (QED) is 0.460. The number of aliphatic hydroxyl groups is 2. The number of hydrogen-bond acceptors (Lipinski definition) is 4. The molecular formula is C11H24N2O3. The highest BCUT2D eigenvalue weighted by Gasteiger charge is 2.17. The van der Waals surface area contributed by atoms with Crippen molar-refractivity contribution in [3.8, 4) is 0 Å². The SMILES string of the molecule is CCCC(C)NC(=O)C(C)NC(CO)CO. The third-order valence-corrected chi connectivity index (χ3v) is 2.43. The number of carbonyl (C=O) groups is 1. The van der Waals surface area contributed by atoms with Gasteiger partial charge in [0.05, 0.1) is 25.3 Å². The van der Waals surface area contributed by atoms with Crippen LogP contribution in [0.15, 0.2) is 0 Å². The maximum absolute atomic E-state index is 11.7. The molecule has 16 heavy (non-hydrogen) atoms. The fraction of sp³-hybridized carbons (Fsp3) is 0.909. The van der Waals surface area contributed by atoms with Gasteiger partial charge in [0, 0.05) is 6.04 Å². The molecular weight excluding hydrogens is 208 g/mol. The Morgan fingerprint density at radius 1 is 1.25 bits per heavy atom. The number of carbonyl (C=O) groups excluding carboxylic acids is 1. The first-order chi connectivity index (χ1) is 7.54. The molecule has 0 aromatic carbocycles. The van der Waals surface area contributed by atoms with Crippen molar-refractivity contribution in [2.75, 3.05) is 13.2 Å². The van der Waals surface area contributed by atoms with Gasteiger partial charge < -0.3 is 15.5 Å². The van der Waals surface area contributed by atoms with E-state index in [1.54, 1.807) is 6.92 Å². The first-order valence-electron chi connectivity index (χ1n) is 5.83. The minimum absolute atomic E-state index is 0.104. The van der Waals surface area contributed by atoms with E-state index in [4.69, 9.17) is 10.2 Å². The van der Waals surface area contributed by atoms with Crippen LogP contribution in [0.5, 0.6) is 0 Å². The van der Waals surface area contributed by atoms with Gasteiger partial charge in [-0.2, -0.15) is 0 Å². The van der Waals surface area contributed by atoms with Crippen molar-refractivity contribution < 1.29 is 15.0 Å². The molecule has 5 heteroatoms. The van der Waals surface area contributed by atoms with E-state index in [-0.39, 0.29) is 25.2 Å². The maximum atomic E-state index is 11.7. The number of hydrogen-bond donors (Lipinski definition) is 4. The van der Waals surface area contributed by atoms with Gasteiger partial charge in [-0.1, -0.05) is 13.3 Å². The number of amides is 1. The molecule has 0 heterocycles. The first-order valence-corrected chi connectivity index (χ1v) is 5.83. The summed E-state index contributed by atoms with van der Waals surface area (Å²) < 4.78 is 0. The van der Waals surface area contributed by atoms with Crippen molar-refractivity contribution >= 4 is 5.91 Å². The fourth-order valence-electron chi connectivity index (χ4n) is 1.47. The lowest BCUT2D eigenvalue weighted by atomic mass is 10.2. The minimum Gasteiger partial charge on any atom is -0.395 e. The summed E-state index contributed by atoms with van der Waals surface area (Å²) in [4.78, 5) is 11.7. The van der Waals surface area contributed by atoms with Crippen molar-refractivity contribution in [3.05, 3.63) is 0 Å². The molecule has 0 radical (unpaired) electrons. The van der Waals surface area contributed by atoms with Crippen LogP contribution >= 0.6 is 0 Å². The Kier molecular flexibility index (Phi) is 8.15. The van der Waals surface area contributed by atoms with Crippen LogP contribution < -0.4 is 10.6 Å². The molecule has 0 aliphatic carbocycles. The van der Waals surface area contributed by atoms with E-state index >= 15 is 0 Å². The Morgan fingerprint density at radius 2 is 1.81 bits per heavy atom. The highest BCUT2D eigenvalue weighted by Crippen LogP contribution is 1.96. The molecule has 0 aromatic heterocycles. The Labute approximate surface area is 97.2 Å². The van der Waals surface area contributed by atoms with Crippen LogP contribution in [0.4, 0.5) is 0 Å². The van der Waals surface area contributed by atoms with Gasteiger partial charge in [-0.05, 0) is 20.3 Å². The van der Waals surface area contributed by atoms with E-state index < -0.39 is 12.1 Å². The number of aliphatic hydroxyl groups excluding tert-OH is 2. The van der Waals surface area contributed by atoms with Crippen molar-refractivity contribution in [1.29, 1.82) is 0 Å². The molecule has 2 unspecified atom stereocenters. The van der Waals surface area contributed by atoms with Crippen molar-refractivity contribution in [3.63, 3.8) is 0 Å². The molecule has 96 valence electrons. The summed E-state index contributed by atoms with van der Waals surface area (Å²) in [5.74, 6) is -0.104. The van der Waals surface area contributed by atoms with Gasteiger partial charge in [0.25, 0.3) is 0 Å². The molecule has 5 nitrogen and oxygen atoms in total. The largest absolute Gasteiger partial charge is 0.395 e. The monoisotopic (exact) mass is 232 g/mol. The third-order valence-electron chi connectivity index (χ3n) is 2.43. The average Bonchev–Trinajstić information content (AvgIpc) is 2.25. The standard InChI is InChI=1S/C11H24N2O3/c1-4-5-8(2)12-11(16)9(3)13-10(6-14)7-15/h8-10,13-15H,4-7H2,1-3H3,(H,12,16). The highest BCUT2D eigenvalue weighted by molar-refractivity contribution is 5.81. The van der Waals surface area contributed by atoms with Gasteiger partial charge in [-0.3, -0.25) is 10.1 Å². The minimum atomic E-state index is -0.442. The summed E-state index contributed by atoms with van der Waals surface area (Å²) in [6, 6.07) is -0.700. The molecule has 2 atom stereocenters. The van der Waals surface area contributed by atoms with E-state index in [1.807, 2.05) is 6.92 Å². The van der Waals surface area contributed by atoms with Crippen LogP contribution in [0.1, 0.15) is 33.6 Å². The summed E-state index contributed by atoms with van der Waals surface area (Å²) >= 11 is 0. The normalized spacial score (nSPS) is 14.9. The third kappa shape index (κ3) is 6.05. The Hall–Kier alpha value is -0.650. The lowest BCUT2D eigenvalue weighted by Crippen LogP contribution is -2.50. The van der Waals surface area contributed by atoms with Gasteiger partial charge in [0.1, 0.15) is 0 Å². The van der Waals surface area contributed by atoms with Gasteiger partial charge in [0.2, 0.25) is 5.91 Å². The van der Waals surface area contributed by atoms with Crippen LogP contribution in [0.25, 0.3) is 0 Å². The van der Waals surface area contributed by atoms with Crippen molar-refractivity contribution in [2.24, 2.45) is 0 Å². The molecule has 0 saturated heterocycles. The molecule has 0 spiro atoms. The predicted octanol–water partition coefficient (Wildman–Crippen LogP) is -0.377. The Balaban J connectivity index is 3.97. The number of nitrogens with one attached hydrogen (secondary N) is 2. The average molecular weight is 232 g/mol. The number of rotatable bonds is 8. The summed E-state index contributed by atoms with van der Waals surface area (Å²) in [5, 5.41) is 23.5. The van der Waals surface area contributed by atoms with Gasteiger partial charge in [-0.25, -0.2) is 0 Å². The zero-order valence-corrected chi connectivity index (χ0v) is 10.4. The molecule has 0 aliphatic rings. The summed E-state index contributed by atoms with van der Waals surface area (Å²) in [7, 11) is 0. The molecule has 0 rings (SSSR count). The van der Waals surface area contributed by atoms with Crippen LogP contribution in [0.3, 0.4) is 0 Å². The Bertz CT molecular complexity index is 196. The molecule has 0 bridgehead atoms. The van der Waals surface area contributed by atoms with Gasteiger partial charge in [0.15, 0.2) is 0 Å². The van der Waals surface area contributed by atoms with E-state index in [0.29, 0.717) is 0 Å². The van der Waals surface area contributed by atoms with E-state index in [9.17, 15) is 4.79 Å². The summed E-state index contributed by atoms with van der Waals surface area (Å²) in [6.45, 7) is 5.38. The van der Waals surface area contributed by atoms with Gasteiger partial charge >= 0.3 is 0 Å². The molecule has 0 fully saturated rings. The maximum Gasteiger partial charge on any atom is 0.237 e. The smallest absolute Gasteiger partial charge is 0.237 e. The van der Waals surface area contributed by atoms with Crippen LogP contribution in [0.2, 0.25) is 0 Å². The van der Waals surface area contributed by atoms with Crippen LogP contribution in [0, 0.1) is 0 Å². The van der Waals surface area contributed by atoms with Gasteiger partial charge in [-0.15, -0.1) is 0 Å². The zero-order chi connectivity index (χ0) is 12.6. The molecule has 0 saturated carbocycles. The van der Waals surface area contributed by atoms with Crippen molar-refractivity contribution in [2.45, 2.75) is 51.7 Å². The topological polar surface area (TPSA) is 81.6 Å². The fourth-order valence-corrected chi connectivity index (χ4v) is 1.47. The molecule has 1 amide bonds. The lowest BCUT2D eigenvalue weighted by molar-refractivity contribution is -0.123.